The lowest BCUT2D eigenvalue weighted by Gasteiger charge is -2.17. The first-order valence-corrected chi connectivity index (χ1v) is 10.5. The van der Waals surface area contributed by atoms with E-state index in [1.54, 1.807) is 0 Å². The topological polar surface area (TPSA) is 66.0 Å². The van der Waals surface area contributed by atoms with Gasteiger partial charge in [0, 0.05) is 24.5 Å². The Hall–Kier alpha value is -3.15. The highest BCUT2D eigenvalue weighted by atomic mass is 15.3. The van der Waals surface area contributed by atoms with Crippen molar-refractivity contribution in [2.45, 2.75) is 39.5 Å². The first kappa shape index (κ1) is 19.2. The van der Waals surface area contributed by atoms with Gasteiger partial charge in [0.25, 0.3) is 0 Å². The number of benzene rings is 2. The highest BCUT2D eigenvalue weighted by molar-refractivity contribution is 5.60. The zero-order valence-electron chi connectivity index (χ0n) is 17.2. The number of nitrogens with zero attached hydrogens (tertiary/aromatic N) is 4. The molecule has 0 saturated carbocycles. The van der Waals surface area contributed by atoms with Gasteiger partial charge in [-0.25, -0.2) is 0 Å². The van der Waals surface area contributed by atoms with Gasteiger partial charge in [0.15, 0.2) is 0 Å². The van der Waals surface area contributed by atoms with Crippen molar-refractivity contribution in [3.8, 4) is 0 Å². The average Bonchev–Trinajstić information content (AvgIpc) is 3.30. The van der Waals surface area contributed by atoms with E-state index in [1.807, 2.05) is 0 Å². The zero-order chi connectivity index (χ0) is 20.1. The van der Waals surface area contributed by atoms with Crippen molar-refractivity contribution >= 4 is 29.2 Å². The van der Waals surface area contributed by atoms with Crippen LogP contribution in [0.2, 0.25) is 0 Å². The van der Waals surface area contributed by atoms with Crippen LogP contribution in [0.1, 0.15) is 37.8 Å². The highest BCUT2D eigenvalue weighted by Crippen LogP contribution is 2.23. The molecule has 150 valence electrons. The number of aryl methyl sites for hydroxylation is 2. The van der Waals surface area contributed by atoms with E-state index in [9.17, 15) is 0 Å². The lowest BCUT2D eigenvalue weighted by atomic mass is 10.1. The standard InChI is InChI=1S/C23H28N6/c1-3-17-7-11-19(12-8-17)24-21-26-22(25-20-13-9-18(4-2)10-14-20)28-23(27-21)29-15-5-6-16-29/h7-14H,3-6,15-16H2,1-2H3,(H2,24,25,26,27,28). The molecule has 6 nitrogen and oxygen atoms in total. The first-order chi connectivity index (χ1) is 14.2. The Labute approximate surface area is 172 Å². The van der Waals surface area contributed by atoms with Gasteiger partial charge in [0.1, 0.15) is 0 Å². The van der Waals surface area contributed by atoms with Crippen LogP contribution in [0.25, 0.3) is 0 Å². The third-order valence-electron chi connectivity index (χ3n) is 5.25. The summed E-state index contributed by atoms with van der Waals surface area (Å²) >= 11 is 0. The monoisotopic (exact) mass is 388 g/mol. The Balaban J connectivity index is 1.60. The van der Waals surface area contributed by atoms with Crippen molar-refractivity contribution in [3.05, 3.63) is 59.7 Å². The fourth-order valence-corrected chi connectivity index (χ4v) is 3.44. The van der Waals surface area contributed by atoms with Crippen LogP contribution in [-0.2, 0) is 12.8 Å². The maximum atomic E-state index is 4.67. The maximum Gasteiger partial charge on any atom is 0.233 e. The van der Waals surface area contributed by atoms with Crippen LogP contribution in [0.15, 0.2) is 48.5 Å². The van der Waals surface area contributed by atoms with Crippen LogP contribution in [0.5, 0.6) is 0 Å². The molecule has 6 heteroatoms. The van der Waals surface area contributed by atoms with Gasteiger partial charge >= 0.3 is 0 Å². The summed E-state index contributed by atoms with van der Waals surface area (Å²) < 4.78 is 0. The second-order valence-corrected chi connectivity index (χ2v) is 7.33. The third-order valence-corrected chi connectivity index (χ3v) is 5.25. The Bertz CT molecular complexity index is 863. The summed E-state index contributed by atoms with van der Waals surface area (Å²) in [4.78, 5) is 16.2. The van der Waals surface area contributed by atoms with Gasteiger partial charge in [-0.2, -0.15) is 15.0 Å². The molecule has 2 aromatic carbocycles. The molecule has 2 N–H and O–H groups in total. The molecule has 2 heterocycles. The van der Waals surface area contributed by atoms with E-state index in [0.29, 0.717) is 11.9 Å². The predicted octanol–water partition coefficient (Wildman–Crippen LogP) is 5.08. The summed E-state index contributed by atoms with van der Waals surface area (Å²) in [5.41, 5.74) is 4.56. The second-order valence-electron chi connectivity index (χ2n) is 7.33. The quantitative estimate of drug-likeness (QED) is 0.588. The van der Waals surface area contributed by atoms with E-state index in [4.69, 9.17) is 0 Å². The minimum absolute atomic E-state index is 0.554. The Kier molecular flexibility index (Phi) is 5.89. The number of anilines is 5. The first-order valence-electron chi connectivity index (χ1n) is 10.5. The fraction of sp³-hybridized carbons (Fsp3) is 0.348. The molecule has 1 aromatic heterocycles. The zero-order valence-corrected chi connectivity index (χ0v) is 17.2. The Morgan fingerprint density at radius 1 is 0.690 bits per heavy atom. The summed E-state index contributed by atoms with van der Waals surface area (Å²) in [6.45, 7) is 6.28. The van der Waals surface area contributed by atoms with Gasteiger partial charge in [-0.15, -0.1) is 0 Å². The minimum Gasteiger partial charge on any atom is -0.341 e. The average molecular weight is 389 g/mol. The molecule has 0 atom stereocenters. The molecule has 3 aromatic rings. The Morgan fingerprint density at radius 3 is 1.55 bits per heavy atom. The summed E-state index contributed by atoms with van der Waals surface area (Å²) in [5.74, 6) is 1.83. The van der Waals surface area contributed by atoms with Crippen molar-refractivity contribution in [2.24, 2.45) is 0 Å². The van der Waals surface area contributed by atoms with Gasteiger partial charge in [0.2, 0.25) is 17.8 Å². The summed E-state index contributed by atoms with van der Waals surface area (Å²) in [5, 5.41) is 6.67. The fourth-order valence-electron chi connectivity index (χ4n) is 3.44. The molecule has 0 radical (unpaired) electrons. The smallest absolute Gasteiger partial charge is 0.233 e. The summed E-state index contributed by atoms with van der Waals surface area (Å²) in [6, 6.07) is 16.8. The molecule has 0 unspecified atom stereocenters. The lowest BCUT2D eigenvalue weighted by molar-refractivity contribution is 0.886. The molecule has 0 aliphatic carbocycles. The van der Waals surface area contributed by atoms with Gasteiger partial charge in [0.05, 0.1) is 0 Å². The molecule has 1 aliphatic rings. The van der Waals surface area contributed by atoms with Crippen LogP contribution in [0, 0.1) is 0 Å². The van der Waals surface area contributed by atoms with E-state index >= 15 is 0 Å². The number of hydrogen-bond donors (Lipinski definition) is 2. The number of aromatic nitrogens is 3. The molecular formula is C23H28N6. The molecule has 1 saturated heterocycles. The number of rotatable bonds is 7. The lowest BCUT2D eigenvalue weighted by Crippen LogP contribution is -2.21. The molecule has 4 rings (SSSR count). The van der Waals surface area contributed by atoms with Crippen molar-refractivity contribution in [2.75, 3.05) is 28.6 Å². The third kappa shape index (κ3) is 4.83. The van der Waals surface area contributed by atoms with Crippen molar-refractivity contribution in [1.29, 1.82) is 0 Å². The van der Waals surface area contributed by atoms with Crippen molar-refractivity contribution < 1.29 is 0 Å². The van der Waals surface area contributed by atoms with Crippen molar-refractivity contribution in [1.82, 2.24) is 15.0 Å². The maximum absolute atomic E-state index is 4.67. The summed E-state index contributed by atoms with van der Waals surface area (Å²) in [6.07, 6.45) is 4.40. The molecular weight excluding hydrogens is 360 g/mol. The van der Waals surface area contributed by atoms with Crippen LogP contribution in [0.3, 0.4) is 0 Å². The van der Waals surface area contributed by atoms with Crippen molar-refractivity contribution in [3.63, 3.8) is 0 Å². The normalized spacial score (nSPS) is 13.5. The van der Waals surface area contributed by atoms with E-state index in [1.165, 1.54) is 24.0 Å². The van der Waals surface area contributed by atoms with Crippen LogP contribution in [0.4, 0.5) is 29.2 Å². The van der Waals surface area contributed by atoms with E-state index in [2.05, 4.69) is 92.9 Å². The van der Waals surface area contributed by atoms with E-state index in [-0.39, 0.29) is 0 Å². The SMILES string of the molecule is CCc1ccc(Nc2nc(Nc3ccc(CC)cc3)nc(N3CCCC3)n2)cc1. The number of hydrogen-bond acceptors (Lipinski definition) is 6. The van der Waals surface area contributed by atoms with E-state index < -0.39 is 0 Å². The van der Waals surface area contributed by atoms with E-state index in [0.717, 1.165) is 43.3 Å². The molecule has 0 spiro atoms. The highest BCUT2D eigenvalue weighted by Gasteiger charge is 2.17. The largest absolute Gasteiger partial charge is 0.341 e. The second kappa shape index (κ2) is 8.90. The number of nitrogens with one attached hydrogen (secondary N) is 2. The molecule has 1 aliphatic heterocycles. The van der Waals surface area contributed by atoms with Gasteiger partial charge < -0.3 is 15.5 Å². The predicted molar refractivity (Wildman–Crippen MR) is 119 cm³/mol. The molecule has 29 heavy (non-hydrogen) atoms. The van der Waals surface area contributed by atoms with Crippen LogP contribution < -0.4 is 15.5 Å². The van der Waals surface area contributed by atoms with Gasteiger partial charge in [-0.3, -0.25) is 0 Å². The minimum atomic E-state index is 0.554. The van der Waals surface area contributed by atoms with Crippen LogP contribution in [-0.4, -0.2) is 28.0 Å². The Morgan fingerprint density at radius 2 is 1.14 bits per heavy atom. The molecule has 0 amide bonds. The molecule has 0 bridgehead atoms. The summed E-state index contributed by atoms with van der Waals surface area (Å²) in [7, 11) is 0. The van der Waals surface area contributed by atoms with Gasteiger partial charge in [-0.1, -0.05) is 38.1 Å². The van der Waals surface area contributed by atoms with Crippen LogP contribution >= 0.6 is 0 Å². The van der Waals surface area contributed by atoms with Gasteiger partial charge in [-0.05, 0) is 61.1 Å². The molecule has 1 fully saturated rings.